The van der Waals surface area contributed by atoms with Gasteiger partial charge in [-0.05, 0) is 13.3 Å². The first-order valence-corrected chi connectivity index (χ1v) is 8.40. The number of benzene rings is 1. The van der Waals surface area contributed by atoms with Crippen molar-refractivity contribution in [1.82, 2.24) is 0 Å². The Hall–Kier alpha value is -1.38. The second kappa shape index (κ2) is 6.59. The average molecular weight is 356 g/mol. The molecule has 0 amide bonds. The smallest absolute Gasteiger partial charge is 0.340 e. The van der Waals surface area contributed by atoms with E-state index in [0.717, 1.165) is 6.07 Å². The zero-order chi connectivity index (χ0) is 16.4. The van der Waals surface area contributed by atoms with Gasteiger partial charge in [0.1, 0.15) is 4.90 Å². The average Bonchev–Trinajstić information content (AvgIpc) is 2.36. The Morgan fingerprint density at radius 1 is 1.48 bits per heavy atom. The molecule has 0 heterocycles. The van der Waals surface area contributed by atoms with Crippen molar-refractivity contribution in [2.45, 2.75) is 31.3 Å². The molecule has 0 aliphatic carbocycles. The second-order valence-electron chi connectivity index (χ2n) is 4.12. The van der Waals surface area contributed by atoms with Crippen LogP contribution in [-0.2, 0) is 13.8 Å². The van der Waals surface area contributed by atoms with Crippen LogP contribution in [0.2, 0.25) is 5.02 Å². The van der Waals surface area contributed by atoms with Crippen LogP contribution < -0.4 is 0 Å². The first-order chi connectivity index (χ1) is 9.57. The lowest BCUT2D eigenvalue weighted by Crippen LogP contribution is -2.15. The van der Waals surface area contributed by atoms with Crippen molar-refractivity contribution in [3.8, 4) is 0 Å². The highest BCUT2D eigenvalue weighted by Crippen LogP contribution is 2.33. The van der Waals surface area contributed by atoms with Crippen molar-refractivity contribution >= 4 is 43.0 Å². The fourth-order valence-corrected chi connectivity index (χ4v) is 2.90. The number of hydrogen-bond acceptors (Lipinski definition) is 6. The predicted molar refractivity (Wildman–Crippen MR) is 76.3 cm³/mol. The first kappa shape index (κ1) is 17.7. The summed E-state index contributed by atoms with van der Waals surface area (Å²) in [4.78, 5) is 21.2. The van der Waals surface area contributed by atoms with Crippen molar-refractivity contribution in [2.24, 2.45) is 0 Å². The summed E-state index contributed by atoms with van der Waals surface area (Å²) in [6, 6.07) is 1.53. The van der Waals surface area contributed by atoms with Crippen LogP contribution >= 0.6 is 22.3 Å². The third kappa shape index (κ3) is 4.29. The van der Waals surface area contributed by atoms with E-state index in [2.05, 4.69) is 0 Å². The SMILES string of the molecule is CCC(C)OC(=O)c1cc([N+](=O)[O-])cc(S(=O)(=O)Cl)c1Cl. The quantitative estimate of drug-likeness (QED) is 0.347. The summed E-state index contributed by atoms with van der Waals surface area (Å²) in [6.45, 7) is 3.38. The fraction of sp³-hybridized carbons (Fsp3) is 0.364. The number of nitro benzene ring substituents is 1. The summed E-state index contributed by atoms with van der Waals surface area (Å²) in [5, 5.41) is 10.3. The lowest BCUT2D eigenvalue weighted by atomic mass is 10.2. The number of rotatable bonds is 5. The lowest BCUT2D eigenvalue weighted by molar-refractivity contribution is -0.385. The lowest BCUT2D eigenvalue weighted by Gasteiger charge is -2.12. The highest BCUT2D eigenvalue weighted by molar-refractivity contribution is 8.13. The van der Waals surface area contributed by atoms with Gasteiger partial charge in [0.2, 0.25) is 0 Å². The molecular formula is C11H11Cl2NO6S. The van der Waals surface area contributed by atoms with E-state index in [1.165, 1.54) is 0 Å². The minimum atomic E-state index is -4.35. The van der Waals surface area contributed by atoms with Gasteiger partial charge >= 0.3 is 5.97 Å². The highest BCUT2D eigenvalue weighted by atomic mass is 35.7. The molecule has 0 spiro atoms. The molecule has 0 aliphatic rings. The molecule has 0 fully saturated rings. The largest absolute Gasteiger partial charge is 0.459 e. The topological polar surface area (TPSA) is 104 Å². The maximum Gasteiger partial charge on any atom is 0.340 e. The van der Waals surface area contributed by atoms with Crippen LogP contribution in [0.5, 0.6) is 0 Å². The third-order valence-electron chi connectivity index (χ3n) is 2.60. The molecule has 1 aromatic rings. The zero-order valence-electron chi connectivity index (χ0n) is 11.0. The molecule has 1 atom stereocenters. The number of carbonyl (C=O) groups excluding carboxylic acids is 1. The fourth-order valence-electron chi connectivity index (χ4n) is 1.34. The Balaban J connectivity index is 3.48. The van der Waals surface area contributed by atoms with Crippen LogP contribution in [-0.4, -0.2) is 25.4 Å². The molecule has 0 saturated heterocycles. The molecular weight excluding hydrogens is 345 g/mol. The van der Waals surface area contributed by atoms with Crippen LogP contribution in [0.3, 0.4) is 0 Å². The first-order valence-electron chi connectivity index (χ1n) is 5.71. The maximum absolute atomic E-state index is 11.9. The van der Waals surface area contributed by atoms with Crippen LogP contribution in [0.15, 0.2) is 17.0 Å². The van der Waals surface area contributed by atoms with Gasteiger partial charge in [-0.3, -0.25) is 10.1 Å². The van der Waals surface area contributed by atoms with Gasteiger partial charge in [-0.25, -0.2) is 13.2 Å². The number of esters is 1. The van der Waals surface area contributed by atoms with Gasteiger partial charge in [0, 0.05) is 22.8 Å². The number of hydrogen-bond donors (Lipinski definition) is 0. The molecule has 1 aromatic carbocycles. The summed E-state index contributed by atoms with van der Waals surface area (Å²) in [6.07, 6.45) is 0.0581. The Morgan fingerprint density at radius 3 is 2.48 bits per heavy atom. The van der Waals surface area contributed by atoms with Crippen molar-refractivity contribution in [1.29, 1.82) is 0 Å². The minimum absolute atomic E-state index is 0.426. The van der Waals surface area contributed by atoms with E-state index >= 15 is 0 Å². The molecule has 0 saturated carbocycles. The number of carbonyl (C=O) groups is 1. The van der Waals surface area contributed by atoms with E-state index in [-0.39, 0.29) is 0 Å². The zero-order valence-corrected chi connectivity index (χ0v) is 13.3. The molecule has 0 N–H and O–H groups in total. The molecule has 0 aliphatic heterocycles. The Morgan fingerprint density at radius 2 is 2.05 bits per heavy atom. The maximum atomic E-state index is 11.9. The van der Waals surface area contributed by atoms with Gasteiger partial charge < -0.3 is 4.74 Å². The van der Waals surface area contributed by atoms with Crippen molar-refractivity contribution in [2.75, 3.05) is 0 Å². The molecule has 10 heteroatoms. The van der Waals surface area contributed by atoms with Gasteiger partial charge in [0.05, 0.1) is 21.6 Å². The number of nitrogens with zero attached hydrogens (tertiary/aromatic N) is 1. The molecule has 7 nitrogen and oxygen atoms in total. The number of non-ortho nitro benzene ring substituents is 1. The van der Waals surface area contributed by atoms with Gasteiger partial charge in [-0.1, -0.05) is 18.5 Å². The van der Waals surface area contributed by atoms with Gasteiger partial charge in [-0.15, -0.1) is 0 Å². The monoisotopic (exact) mass is 355 g/mol. The van der Waals surface area contributed by atoms with Crippen LogP contribution in [0, 0.1) is 10.1 Å². The van der Waals surface area contributed by atoms with E-state index < -0.39 is 47.2 Å². The van der Waals surface area contributed by atoms with E-state index in [9.17, 15) is 23.3 Å². The van der Waals surface area contributed by atoms with Gasteiger partial charge in [0.25, 0.3) is 14.7 Å². The highest BCUT2D eigenvalue weighted by Gasteiger charge is 2.27. The molecule has 0 radical (unpaired) electrons. The standard InChI is InChI=1S/C11H11Cl2NO6S/c1-3-6(2)20-11(15)8-4-7(14(16)17)5-9(10(8)12)21(13,18)19/h4-6H,3H2,1-2H3. The van der Waals surface area contributed by atoms with E-state index in [0.29, 0.717) is 12.5 Å². The number of nitro groups is 1. The van der Waals surface area contributed by atoms with Gasteiger partial charge in [0.15, 0.2) is 0 Å². The van der Waals surface area contributed by atoms with Gasteiger partial charge in [-0.2, -0.15) is 0 Å². The van der Waals surface area contributed by atoms with Crippen LogP contribution in [0.25, 0.3) is 0 Å². The number of halogens is 2. The van der Waals surface area contributed by atoms with E-state index in [1.807, 2.05) is 0 Å². The Labute approximate surface area is 130 Å². The Bertz CT molecular complexity index is 688. The normalized spacial score (nSPS) is 12.8. The Kier molecular flexibility index (Phi) is 5.54. The van der Waals surface area contributed by atoms with E-state index in [4.69, 9.17) is 27.0 Å². The van der Waals surface area contributed by atoms with Crippen molar-refractivity contribution in [3.05, 3.63) is 32.8 Å². The summed E-state index contributed by atoms with van der Waals surface area (Å²) >= 11 is 5.80. The molecule has 21 heavy (non-hydrogen) atoms. The second-order valence-corrected chi connectivity index (χ2v) is 7.04. The number of ether oxygens (including phenoxy) is 1. The summed E-state index contributed by atoms with van der Waals surface area (Å²) < 4.78 is 27.8. The van der Waals surface area contributed by atoms with Crippen LogP contribution in [0.4, 0.5) is 5.69 Å². The third-order valence-corrected chi connectivity index (χ3v) is 4.47. The molecule has 116 valence electrons. The minimum Gasteiger partial charge on any atom is -0.459 e. The molecule has 1 rings (SSSR count). The van der Waals surface area contributed by atoms with Crippen LogP contribution in [0.1, 0.15) is 30.6 Å². The van der Waals surface area contributed by atoms with Crippen molar-refractivity contribution < 1.29 is 22.9 Å². The summed E-state index contributed by atoms with van der Waals surface area (Å²) in [7, 11) is 0.812. The molecule has 0 bridgehead atoms. The molecule has 0 aromatic heterocycles. The predicted octanol–water partition coefficient (Wildman–Crippen LogP) is 3.13. The summed E-state index contributed by atoms with van der Waals surface area (Å²) in [5.41, 5.74) is -1.06. The van der Waals surface area contributed by atoms with E-state index in [1.54, 1.807) is 13.8 Å². The van der Waals surface area contributed by atoms with Crippen molar-refractivity contribution in [3.63, 3.8) is 0 Å². The molecule has 1 unspecified atom stereocenters. The summed E-state index contributed by atoms with van der Waals surface area (Å²) in [5.74, 6) is -0.959.